The molecule has 9 nitrogen and oxygen atoms in total. The minimum absolute atomic E-state index is 0.360. The molecule has 0 spiro atoms. The van der Waals surface area contributed by atoms with E-state index in [1.807, 2.05) is 36.4 Å². The zero-order valence-corrected chi connectivity index (χ0v) is 20.1. The van der Waals surface area contributed by atoms with Crippen LogP contribution in [0, 0.1) is 6.92 Å². The third-order valence-electron chi connectivity index (χ3n) is 5.39. The molecule has 35 heavy (non-hydrogen) atoms. The summed E-state index contributed by atoms with van der Waals surface area (Å²) in [6.07, 6.45) is 1.82. The normalized spacial score (nSPS) is 11.7. The summed E-state index contributed by atoms with van der Waals surface area (Å²) in [5.74, 6) is -0.0583. The van der Waals surface area contributed by atoms with E-state index in [2.05, 4.69) is 15.5 Å². The minimum Gasteiger partial charge on any atom is -0.464 e. The molecule has 1 unspecified atom stereocenters. The number of esters is 1. The number of halogens is 1. The molecule has 4 rings (SSSR count). The zero-order valence-electron chi connectivity index (χ0n) is 19.3. The third kappa shape index (κ3) is 5.36. The Balaban J connectivity index is 1.47. The number of benzene rings is 2. The summed E-state index contributed by atoms with van der Waals surface area (Å²) in [7, 11) is 1.33. The number of nitrogens with one attached hydrogen (secondary N) is 1. The van der Waals surface area contributed by atoms with Crippen molar-refractivity contribution in [3.63, 3.8) is 0 Å². The average molecular weight is 495 g/mol. The lowest BCUT2D eigenvalue weighted by Gasteiger charge is -2.15. The van der Waals surface area contributed by atoms with E-state index >= 15 is 0 Å². The van der Waals surface area contributed by atoms with Gasteiger partial charge in [-0.3, -0.25) is 5.32 Å². The number of imidazole rings is 1. The highest BCUT2D eigenvalue weighted by molar-refractivity contribution is 6.31. The standard InChI is InChI=1S/C25H23ClN4O5/c1-15-22(28-25(32)34-16(2)19-6-4-5-7-20(19)26)23(35-29-15)18-10-8-17(9-11-18)13-30-14-27-12-21(30)24(31)33-3/h4-12,14,16H,13H2,1-3H3,(H,28,32). The summed E-state index contributed by atoms with van der Waals surface area (Å²) in [6.45, 7) is 3.89. The summed E-state index contributed by atoms with van der Waals surface area (Å²) in [4.78, 5) is 28.5. The van der Waals surface area contributed by atoms with E-state index < -0.39 is 18.2 Å². The average Bonchev–Trinajstić information content (AvgIpc) is 3.46. The van der Waals surface area contributed by atoms with Crippen LogP contribution in [0.5, 0.6) is 0 Å². The summed E-state index contributed by atoms with van der Waals surface area (Å²) in [5, 5.41) is 7.24. The van der Waals surface area contributed by atoms with Gasteiger partial charge in [0.05, 0.1) is 19.6 Å². The van der Waals surface area contributed by atoms with Gasteiger partial charge in [-0.15, -0.1) is 0 Å². The topological polar surface area (TPSA) is 108 Å². The van der Waals surface area contributed by atoms with Crippen LogP contribution in [-0.2, 0) is 16.0 Å². The molecule has 2 heterocycles. The largest absolute Gasteiger partial charge is 0.464 e. The molecule has 0 saturated heterocycles. The fourth-order valence-electron chi connectivity index (χ4n) is 3.55. The molecule has 0 saturated carbocycles. The number of ether oxygens (including phenoxy) is 2. The van der Waals surface area contributed by atoms with Crippen LogP contribution in [0.1, 0.15) is 40.3 Å². The molecule has 2 aromatic heterocycles. The predicted molar refractivity (Wildman–Crippen MR) is 129 cm³/mol. The molecule has 0 bridgehead atoms. The molecule has 2 aromatic carbocycles. The zero-order chi connectivity index (χ0) is 24.9. The summed E-state index contributed by atoms with van der Waals surface area (Å²) < 4.78 is 17.5. The number of aryl methyl sites for hydroxylation is 1. The number of carbonyl (C=O) groups excluding carboxylic acids is 2. The van der Waals surface area contributed by atoms with Crippen molar-refractivity contribution in [3.8, 4) is 11.3 Å². The third-order valence-corrected chi connectivity index (χ3v) is 5.74. The van der Waals surface area contributed by atoms with Crippen LogP contribution in [-0.4, -0.2) is 33.9 Å². The lowest BCUT2D eigenvalue weighted by molar-refractivity contribution is 0.0589. The number of hydrogen-bond acceptors (Lipinski definition) is 7. The Bertz CT molecular complexity index is 1350. The molecule has 4 aromatic rings. The van der Waals surface area contributed by atoms with Crippen LogP contribution in [0.3, 0.4) is 0 Å². The number of carbonyl (C=O) groups is 2. The van der Waals surface area contributed by atoms with Crippen molar-refractivity contribution in [2.24, 2.45) is 0 Å². The van der Waals surface area contributed by atoms with Gasteiger partial charge in [0.25, 0.3) is 0 Å². The Morgan fingerprint density at radius 1 is 1.17 bits per heavy atom. The van der Waals surface area contributed by atoms with Crippen LogP contribution in [0.15, 0.2) is 65.6 Å². The maximum absolute atomic E-state index is 12.6. The van der Waals surface area contributed by atoms with E-state index in [1.165, 1.54) is 13.3 Å². The van der Waals surface area contributed by atoms with E-state index in [1.54, 1.807) is 36.9 Å². The number of anilines is 1. The van der Waals surface area contributed by atoms with Gasteiger partial charge in [0.1, 0.15) is 23.2 Å². The van der Waals surface area contributed by atoms with Gasteiger partial charge < -0.3 is 18.6 Å². The first-order valence-corrected chi connectivity index (χ1v) is 11.1. The Hall–Kier alpha value is -4.11. The van der Waals surface area contributed by atoms with E-state index in [9.17, 15) is 9.59 Å². The number of amides is 1. The Kier molecular flexibility index (Phi) is 7.17. The molecule has 0 fully saturated rings. The molecule has 1 N–H and O–H groups in total. The van der Waals surface area contributed by atoms with Crippen molar-refractivity contribution in [2.45, 2.75) is 26.5 Å². The van der Waals surface area contributed by atoms with Crippen LogP contribution >= 0.6 is 11.6 Å². The maximum Gasteiger partial charge on any atom is 0.412 e. The molecule has 1 amide bonds. The van der Waals surface area contributed by atoms with E-state index in [4.69, 9.17) is 25.6 Å². The first-order chi connectivity index (χ1) is 16.9. The molecule has 0 aliphatic carbocycles. The fraction of sp³-hybridized carbons (Fsp3) is 0.200. The smallest absolute Gasteiger partial charge is 0.412 e. The highest BCUT2D eigenvalue weighted by Crippen LogP contribution is 2.32. The Morgan fingerprint density at radius 3 is 2.63 bits per heavy atom. The van der Waals surface area contributed by atoms with Crippen LogP contribution in [0.4, 0.5) is 10.5 Å². The number of rotatable bonds is 7. The van der Waals surface area contributed by atoms with Crippen molar-refractivity contribution in [1.82, 2.24) is 14.7 Å². The van der Waals surface area contributed by atoms with Crippen LogP contribution in [0.2, 0.25) is 5.02 Å². The number of nitrogens with zero attached hydrogens (tertiary/aromatic N) is 3. The second-order valence-corrected chi connectivity index (χ2v) is 8.17. The predicted octanol–water partition coefficient (Wildman–Crippen LogP) is 5.64. The van der Waals surface area contributed by atoms with Gasteiger partial charge >= 0.3 is 12.1 Å². The van der Waals surface area contributed by atoms with Gasteiger partial charge in [-0.05, 0) is 25.5 Å². The van der Waals surface area contributed by atoms with Crippen molar-refractivity contribution in [2.75, 3.05) is 12.4 Å². The van der Waals surface area contributed by atoms with Gasteiger partial charge in [0.15, 0.2) is 5.76 Å². The lowest BCUT2D eigenvalue weighted by atomic mass is 10.1. The van der Waals surface area contributed by atoms with Gasteiger partial charge in [-0.25, -0.2) is 14.6 Å². The second kappa shape index (κ2) is 10.4. The summed E-state index contributed by atoms with van der Waals surface area (Å²) >= 11 is 6.20. The number of aromatic nitrogens is 3. The highest BCUT2D eigenvalue weighted by Gasteiger charge is 2.21. The van der Waals surface area contributed by atoms with Crippen LogP contribution in [0.25, 0.3) is 11.3 Å². The van der Waals surface area contributed by atoms with Crippen molar-refractivity contribution < 1.29 is 23.6 Å². The molecular weight excluding hydrogens is 472 g/mol. The highest BCUT2D eigenvalue weighted by atomic mass is 35.5. The SMILES string of the molecule is COC(=O)c1cncn1Cc1ccc(-c2onc(C)c2NC(=O)OC(C)c2ccccc2Cl)cc1. The van der Waals surface area contributed by atoms with E-state index in [0.29, 0.717) is 45.5 Å². The number of methoxy groups -OCH3 is 1. The first-order valence-electron chi connectivity index (χ1n) is 10.7. The quantitative estimate of drug-likeness (QED) is 0.331. The molecular formula is C25H23ClN4O5. The van der Waals surface area contributed by atoms with E-state index in [0.717, 1.165) is 5.56 Å². The van der Waals surface area contributed by atoms with Gasteiger partial charge in [-0.2, -0.15) is 0 Å². The van der Waals surface area contributed by atoms with Gasteiger partial charge in [0, 0.05) is 22.7 Å². The van der Waals surface area contributed by atoms with Crippen LogP contribution < -0.4 is 5.32 Å². The second-order valence-electron chi connectivity index (χ2n) is 7.76. The van der Waals surface area contributed by atoms with E-state index in [-0.39, 0.29) is 0 Å². The van der Waals surface area contributed by atoms with Crippen molar-refractivity contribution in [1.29, 1.82) is 0 Å². The monoisotopic (exact) mass is 494 g/mol. The molecule has 180 valence electrons. The molecule has 0 aliphatic rings. The first kappa shape index (κ1) is 24.0. The van der Waals surface area contributed by atoms with Gasteiger partial charge in [0.2, 0.25) is 0 Å². The maximum atomic E-state index is 12.6. The minimum atomic E-state index is -0.656. The molecule has 1 atom stereocenters. The summed E-state index contributed by atoms with van der Waals surface area (Å²) in [6, 6.07) is 14.6. The molecule has 0 aliphatic heterocycles. The van der Waals surface area contributed by atoms with Crippen molar-refractivity contribution >= 4 is 29.4 Å². The molecule has 10 heteroatoms. The fourth-order valence-corrected chi connectivity index (χ4v) is 3.84. The summed E-state index contributed by atoms with van der Waals surface area (Å²) in [5.41, 5.74) is 3.62. The van der Waals surface area contributed by atoms with Gasteiger partial charge in [-0.1, -0.05) is 59.2 Å². The van der Waals surface area contributed by atoms with Crippen molar-refractivity contribution in [3.05, 3.63) is 88.6 Å². The Morgan fingerprint density at radius 2 is 1.91 bits per heavy atom. The lowest BCUT2D eigenvalue weighted by Crippen LogP contribution is -2.17. The number of hydrogen-bond donors (Lipinski definition) is 1. The Labute approximate surface area is 206 Å². The molecule has 0 radical (unpaired) electrons.